The molecule has 0 aliphatic carbocycles. The maximum atomic E-state index is 11.9. The summed E-state index contributed by atoms with van der Waals surface area (Å²) in [6.07, 6.45) is 2.88. The maximum Gasteiger partial charge on any atom is 0.261 e. The Morgan fingerprint density at radius 1 is 1.33 bits per heavy atom. The first-order chi connectivity index (χ1) is 8.58. The van der Waals surface area contributed by atoms with Crippen molar-refractivity contribution in [2.75, 3.05) is 5.32 Å². The van der Waals surface area contributed by atoms with Crippen molar-refractivity contribution in [2.45, 2.75) is 6.92 Å². The normalized spacial score (nSPS) is 10.1. The zero-order valence-electron chi connectivity index (χ0n) is 9.66. The smallest absolute Gasteiger partial charge is 0.261 e. The molecule has 1 heterocycles. The highest BCUT2D eigenvalue weighted by molar-refractivity contribution is 9.10. The number of anilines is 1. The molecular formula is C13H11BrN2O2. The molecule has 92 valence electrons. The molecular weight excluding hydrogens is 296 g/mol. The van der Waals surface area contributed by atoms with E-state index in [2.05, 4.69) is 26.2 Å². The third-order valence-corrected chi connectivity index (χ3v) is 3.35. The van der Waals surface area contributed by atoms with E-state index in [-0.39, 0.29) is 11.0 Å². The summed E-state index contributed by atoms with van der Waals surface area (Å²) in [5.74, 6) is -0.424. The first-order valence-electron chi connectivity index (χ1n) is 5.32. The van der Waals surface area contributed by atoms with Gasteiger partial charge in [0, 0.05) is 28.6 Å². The molecule has 0 bridgehead atoms. The second-order valence-corrected chi connectivity index (χ2v) is 4.69. The van der Waals surface area contributed by atoms with Crippen molar-refractivity contribution in [1.29, 1.82) is 0 Å². The van der Waals surface area contributed by atoms with E-state index in [4.69, 9.17) is 0 Å². The van der Waals surface area contributed by atoms with Gasteiger partial charge in [0.05, 0.1) is 0 Å². The fourth-order valence-electron chi connectivity index (χ4n) is 1.46. The Labute approximate surface area is 112 Å². The average Bonchev–Trinajstić information content (AvgIpc) is 2.34. The second kappa shape index (κ2) is 5.18. The van der Waals surface area contributed by atoms with Gasteiger partial charge in [-0.2, -0.15) is 0 Å². The van der Waals surface area contributed by atoms with Crippen LogP contribution >= 0.6 is 15.9 Å². The summed E-state index contributed by atoms with van der Waals surface area (Å²) in [6, 6.07) is 6.79. The molecule has 0 fully saturated rings. The number of rotatable bonds is 2. The lowest BCUT2D eigenvalue weighted by atomic mass is 10.2. The number of aromatic nitrogens is 1. The maximum absolute atomic E-state index is 11.9. The molecule has 4 nitrogen and oxygen atoms in total. The van der Waals surface area contributed by atoms with Crippen molar-refractivity contribution in [3.8, 4) is 0 Å². The van der Waals surface area contributed by atoms with Gasteiger partial charge >= 0.3 is 0 Å². The second-order valence-electron chi connectivity index (χ2n) is 3.84. The molecule has 0 spiro atoms. The van der Waals surface area contributed by atoms with Crippen LogP contribution in [0.15, 0.2) is 45.9 Å². The van der Waals surface area contributed by atoms with Gasteiger partial charge in [0.1, 0.15) is 5.56 Å². The first kappa shape index (κ1) is 12.6. The van der Waals surface area contributed by atoms with Gasteiger partial charge < -0.3 is 10.3 Å². The molecule has 0 saturated heterocycles. The number of hydrogen-bond donors (Lipinski definition) is 2. The van der Waals surface area contributed by atoms with E-state index in [1.165, 1.54) is 18.5 Å². The summed E-state index contributed by atoms with van der Waals surface area (Å²) in [5, 5.41) is 2.68. The fraction of sp³-hybridized carbons (Fsp3) is 0.0769. The number of pyridine rings is 1. The lowest BCUT2D eigenvalue weighted by molar-refractivity contribution is 0.102. The molecule has 2 N–H and O–H groups in total. The van der Waals surface area contributed by atoms with Crippen LogP contribution < -0.4 is 10.7 Å². The van der Waals surface area contributed by atoms with E-state index in [0.717, 1.165) is 10.0 Å². The Bertz CT molecular complexity index is 649. The van der Waals surface area contributed by atoms with E-state index >= 15 is 0 Å². The minimum Gasteiger partial charge on any atom is -0.367 e. The van der Waals surface area contributed by atoms with Crippen molar-refractivity contribution in [3.05, 3.63) is 62.5 Å². The molecule has 5 heteroatoms. The molecule has 2 aromatic rings. The van der Waals surface area contributed by atoms with E-state index in [1.807, 2.05) is 13.0 Å². The van der Waals surface area contributed by atoms with Crippen LogP contribution in [0.5, 0.6) is 0 Å². The number of carbonyl (C=O) groups is 1. The number of nitrogens with one attached hydrogen (secondary N) is 2. The number of aromatic amines is 1. The predicted octanol–water partition coefficient (Wildman–Crippen LogP) is 2.70. The van der Waals surface area contributed by atoms with Crippen LogP contribution in [0.1, 0.15) is 15.9 Å². The monoisotopic (exact) mass is 306 g/mol. The number of benzene rings is 1. The topological polar surface area (TPSA) is 62.0 Å². The van der Waals surface area contributed by atoms with Crippen LogP contribution in [0.3, 0.4) is 0 Å². The van der Waals surface area contributed by atoms with Gasteiger partial charge in [-0.05, 0) is 24.6 Å². The fourth-order valence-corrected chi connectivity index (χ4v) is 1.84. The summed E-state index contributed by atoms with van der Waals surface area (Å²) < 4.78 is 0.905. The average molecular weight is 307 g/mol. The highest BCUT2D eigenvalue weighted by Crippen LogP contribution is 2.20. The van der Waals surface area contributed by atoms with Gasteiger partial charge in [0.2, 0.25) is 0 Å². The van der Waals surface area contributed by atoms with Crippen LogP contribution in [0.2, 0.25) is 0 Å². The van der Waals surface area contributed by atoms with Gasteiger partial charge in [0.25, 0.3) is 5.91 Å². The Balaban J connectivity index is 2.24. The number of carbonyl (C=O) groups excluding carboxylic acids is 1. The van der Waals surface area contributed by atoms with Gasteiger partial charge in [-0.25, -0.2) is 0 Å². The highest BCUT2D eigenvalue weighted by Gasteiger charge is 2.09. The number of amides is 1. The van der Waals surface area contributed by atoms with Crippen LogP contribution in [-0.4, -0.2) is 10.9 Å². The molecule has 0 unspecified atom stereocenters. The molecule has 0 atom stereocenters. The largest absolute Gasteiger partial charge is 0.367 e. The van der Waals surface area contributed by atoms with E-state index < -0.39 is 5.91 Å². The van der Waals surface area contributed by atoms with Gasteiger partial charge in [-0.1, -0.05) is 22.0 Å². The SMILES string of the molecule is Cc1ccc(NC(=O)c2c[nH]ccc2=O)cc1Br. The predicted molar refractivity (Wildman–Crippen MR) is 73.9 cm³/mol. The standard InChI is InChI=1S/C13H11BrN2O2/c1-8-2-3-9(6-11(8)14)16-13(18)10-7-15-5-4-12(10)17/h2-7H,1H3,(H,15,17)(H,16,18). The van der Waals surface area contributed by atoms with Gasteiger partial charge in [0.15, 0.2) is 5.43 Å². The Morgan fingerprint density at radius 2 is 2.11 bits per heavy atom. The number of halogens is 1. The molecule has 1 aromatic carbocycles. The lowest BCUT2D eigenvalue weighted by Gasteiger charge is -2.06. The van der Waals surface area contributed by atoms with Crippen LogP contribution in [0, 0.1) is 6.92 Å². The number of H-pyrrole nitrogens is 1. The van der Waals surface area contributed by atoms with Crippen molar-refractivity contribution < 1.29 is 4.79 Å². The quantitative estimate of drug-likeness (QED) is 0.896. The Morgan fingerprint density at radius 3 is 2.78 bits per heavy atom. The van der Waals surface area contributed by atoms with E-state index in [0.29, 0.717) is 5.69 Å². The van der Waals surface area contributed by atoms with Crippen molar-refractivity contribution in [2.24, 2.45) is 0 Å². The summed E-state index contributed by atoms with van der Waals surface area (Å²) in [5.41, 5.74) is 1.50. The van der Waals surface area contributed by atoms with Crippen molar-refractivity contribution >= 4 is 27.5 Å². The van der Waals surface area contributed by atoms with Gasteiger partial charge in [-0.3, -0.25) is 9.59 Å². The van der Waals surface area contributed by atoms with Crippen molar-refractivity contribution in [1.82, 2.24) is 4.98 Å². The third-order valence-electron chi connectivity index (χ3n) is 2.50. The summed E-state index contributed by atoms with van der Waals surface area (Å²) in [7, 11) is 0. The van der Waals surface area contributed by atoms with Crippen LogP contribution in [0.4, 0.5) is 5.69 Å². The van der Waals surface area contributed by atoms with Crippen LogP contribution in [-0.2, 0) is 0 Å². The molecule has 0 aliphatic heterocycles. The molecule has 18 heavy (non-hydrogen) atoms. The summed E-state index contributed by atoms with van der Waals surface area (Å²) in [6.45, 7) is 1.96. The number of hydrogen-bond acceptors (Lipinski definition) is 2. The molecule has 0 aliphatic rings. The van der Waals surface area contributed by atoms with Crippen molar-refractivity contribution in [3.63, 3.8) is 0 Å². The Kier molecular flexibility index (Phi) is 3.62. The Hall–Kier alpha value is -1.88. The number of aryl methyl sites for hydroxylation is 1. The van der Waals surface area contributed by atoms with Gasteiger partial charge in [-0.15, -0.1) is 0 Å². The summed E-state index contributed by atoms with van der Waals surface area (Å²) >= 11 is 3.39. The van der Waals surface area contributed by atoms with E-state index in [9.17, 15) is 9.59 Å². The first-order valence-corrected chi connectivity index (χ1v) is 6.12. The molecule has 1 aromatic heterocycles. The summed E-state index contributed by atoms with van der Waals surface area (Å²) in [4.78, 5) is 26.1. The minimum atomic E-state index is -0.424. The zero-order valence-corrected chi connectivity index (χ0v) is 11.2. The molecule has 1 amide bonds. The molecule has 0 radical (unpaired) electrons. The highest BCUT2D eigenvalue weighted by atomic mass is 79.9. The van der Waals surface area contributed by atoms with Crippen LogP contribution in [0.25, 0.3) is 0 Å². The minimum absolute atomic E-state index is 0.0918. The molecule has 2 rings (SSSR count). The third kappa shape index (κ3) is 2.68. The zero-order chi connectivity index (χ0) is 13.1. The lowest BCUT2D eigenvalue weighted by Crippen LogP contribution is -2.20. The van der Waals surface area contributed by atoms with E-state index in [1.54, 1.807) is 12.1 Å². The molecule has 0 saturated carbocycles.